The van der Waals surface area contributed by atoms with E-state index in [1.807, 2.05) is 19.2 Å². The number of anilines is 1. The van der Waals surface area contributed by atoms with Crippen molar-refractivity contribution in [3.63, 3.8) is 0 Å². The summed E-state index contributed by atoms with van der Waals surface area (Å²) in [5.41, 5.74) is 7.88. The van der Waals surface area contributed by atoms with Gasteiger partial charge in [-0.1, -0.05) is 27.7 Å². The highest BCUT2D eigenvalue weighted by molar-refractivity contribution is 5.46. The zero-order valence-electron chi connectivity index (χ0n) is 12.7. The largest absolute Gasteiger partial charge is 0.398 e. The number of nitrogen functional groups attached to an aromatic ring is 1. The van der Waals surface area contributed by atoms with Crippen molar-refractivity contribution in [3.05, 3.63) is 24.0 Å². The summed E-state index contributed by atoms with van der Waals surface area (Å²) < 4.78 is 5.98. The fraction of sp³-hybridized carbons (Fsp3) is 0.667. The standard InChI is InChI=1S/C15H27N3O/c1-6-18-13(11-10-17-9-8-12(11)16)14(19-7-2)15(3,4)5/h8-10,13-14,18H,6-7H2,1-5H3,(H2,16,17). The van der Waals surface area contributed by atoms with Gasteiger partial charge in [-0.15, -0.1) is 0 Å². The van der Waals surface area contributed by atoms with Crippen LogP contribution in [0.1, 0.15) is 46.2 Å². The Balaban J connectivity index is 3.14. The molecule has 4 nitrogen and oxygen atoms in total. The van der Waals surface area contributed by atoms with E-state index in [2.05, 4.69) is 38.0 Å². The van der Waals surface area contributed by atoms with Gasteiger partial charge < -0.3 is 15.8 Å². The van der Waals surface area contributed by atoms with Crippen LogP contribution in [0.2, 0.25) is 0 Å². The lowest BCUT2D eigenvalue weighted by Crippen LogP contribution is -2.42. The summed E-state index contributed by atoms with van der Waals surface area (Å²) in [6.07, 6.45) is 3.60. The molecule has 0 spiro atoms. The Morgan fingerprint density at radius 2 is 2.05 bits per heavy atom. The molecule has 3 N–H and O–H groups in total. The summed E-state index contributed by atoms with van der Waals surface area (Å²) in [6, 6.07) is 1.89. The van der Waals surface area contributed by atoms with Crippen LogP contribution in [0.3, 0.4) is 0 Å². The number of rotatable bonds is 6. The van der Waals surface area contributed by atoms with Gasteiger partial charge in [-0.2, -0.15) is 0 Å². The fourth-order valence-electron chi connectivity index (χ4n) is 2.30. The van der Waals surface area contributed by atoms with Gasteiger partial charge in [-0.05, 0) is 24.9 Å². The highest BCUT2D eigenvalue weighted by Gasteiger charge is 2.34. The Labute approximate surface area is 116 Å². The van der Waals surface area contributed by atoms with Crippen LogP contribution >= 0.6 is 0 Å². The second-order valence-corrected chi connectivity index (χ2v) is 5.78. The molecule has 0 saturated carbocycles. The minimum absolute atomic E-state index is 0.0190. The predicted molar refractivity (Wildman–Crippen MR) is 79.9 cm³/mol. The first kappa shape index (κ1) is 15.9. The molecule has 1 heterocycles. The molecule has 0 bridgehead atoms. The van der Waals surface area contributed by atoms with Crippen LogP contribution in [-0.4, -0.2) is 24.2 Å². The van der Waals surface area contributed by atoms with Crippen LogP contribution in [0.25, 0.3) is 0 Å². The average molecular weight is 265 g/mol. The number of nitrogens with one attached hydrogen (secondary N) is 1. The molecule has 1 aromatic heterocycles. The van der Waals surface area contributed by atoms with Crippen molar-refractivity contribution in [1.82, 2.24) is 10.3 Å². The summed E-state index contributed by atoms with van der Waals surface area (Å²) in [4.78, 5) is 4.20. The van der Waals surface area contributed by atoms with Gasteiger partial charge in [0.05, 0.1) is 12.1 Å². The summed E-state index contributed by atoms with van der Waals surface area (Å²) in [7, 11) is 0. The van der Waals surface area contributed by atoms with Gasteiger partial charge in [-0.3, -0.25) is 4.98 Å². The Bertz CT molecular complexity index is 387. The van der Waals surface area contributed by atoms with Crippen molar-refractivity contribution >= 4 is 5.69 Å². The lowest BCUT2D eigenvalue weighted by molar-refractivity contribution is -0.0362. The third-order valence-corrected chi connectivity index (χ3v) is 3.15. The van der Waals surface area contributed by atoms with Crippen molar-refractivity contribution in [1.29, 1.82) is 0 Å². The summed E-state index contributed by atoms with van der Waals surface area (Å²) >= 11 is 0. The molecule has 4 heteroatoms. The third-order valence-electron chi connectivity index (χ3n) is 3.15. The van der Waals surface area contributed by atoms with Crippen molar-refractivity contribution in [2.24, 2.45) is 5.41 Å². The van der Waals surface area contributed by atoms with Crippen LogP contribution < -0.4 is 11.1 Å². The van der Waals surface area contributed by atoms with Crippen molar-refractivity contribution in [2.75, 3.05) is 18.9 Å². The van der Waals surface area contributed by atoms with Crippen LogP contribution in [0.5, 0.6) is 0 Å². The van der Waals surface area contributed by atoms with E-state index in [4.69, 9.17) is 10.5 Å². The van der Waals surface area contributed by atoms with Gasteiger partial charge in [0.15, 0.2) is 0 Å². The van der Waals surface area contributed by atoms with Gasteiger partial charge in [-0.25, -0.2) is 0 Å². The molecule has 0 aliphatic rings. The maximum Gasteiger partial charge on any atom is 0.0819 e. The fourth-order valence-corrected chi connectivity index (χ4v) is 2.30. The zero-order valence-corrected chi connectivity index (χ0v) is 12.7. The van der Waals surface area contributed by atoms with Crippen LogP contribution in [-0.2, 0) is 4.74 Å². The minimum atomic E-state index is 0.0190. The van der Waals surface area contributed by atoms with E-state index in [1.165, 1.54) is 0 Å². The monoisotopic (exact) mass is 265 g/mol. The lowest BCUT2D eigenvalue weighted by Gasteiger charge is -2.37. The number of nitrogens with zero attached hydrogens (tertiary/aromatic N) is 1. The van der Waals surface area contributed by atoms with Gasteiger partial charge >= 0.3 is 0 Å². The summed E-state index contributed by atoms with van der Waals surface area (Å²) in [5, 5.41) is 3.49. The van der Waals surface area contributed by atoms with Crippen LogP contribution in [0.15, 0.2) is 18.5 Å². The Morgan fingerprint density at radius 3 is 2.53 bits per heavy atom. The number of hydrogen-bond donors (Lipinski definition) is 2. The first-order valence-corrected chi connectivity index (χ1v) is 6.96. The van der Waals surface area contributed by atoms with Gasteiger partial charge in [0.1, 0.15) is 0 Å². The van der Waals surface area contributed by atoms with E-state index in [1.54, 1.807) is 6.20 Å². The number of hydrogen-bond acceptors (Lipinski definition) is 4. The van der Waals surface area contributed by atoms with E-state index < -0.39 is 0 Å². The first-order chi connectivity index (χ1) is 8.91. The van der Waals surface area contributed by atoms with Gasteiger partial charge in [0, 0.05) is 30.3 Å². The number of pyridine rings is 1. The topological polar surface area (TPSA) is 60.2 Å². The van der Waals surface area contributed by atoms with Crippen LogP contribution in [0, 0.1) is 5.41 Å². The van der Waals surface area contributed by atoms with Crippen LogP contribution in [0.4, 0.5) is 5.69 Å². The molecule has 0 saturated heterocycles. The number of aromatic nitrogens is 1. The highest BCUT2D eigenvalue weighted by atomic mass is 16.5. The van der Waals surface area contributed by atoms with Gasteiger partial charge in [0.2, 0.25) is 0 Å². The molecule has 0 fully saturated rings. The second kappa shape index (κ2) is 6.87. The molecule has 0 radical (unpaired) electrons. The summed E-state index contributed by atoms with van der Waals surface area (Å²) in [5.74, 6) is 0. The maximum absolute atomic E-state index is 6.09. The predicted octanol–water partition coefficient (Wildman–Crippen LogP) is 2.77. The molecule has 0 aromatic carbocycles. The smallest absolute Gasteiger partial charge is 0.0819 e. The molecule has 2 unspecified atom stereocenters. The molecule has 108 valence electrons. The molecule has 19 heavy (non-hydrogen) atoms. The number of likely N-dealkylation sites (N-methyl/N-ethyl adjacent to an activating group) is 1. The molecule has 0 amide bonds. The zero-order chi connectivity index (χ0) is 14.5. The van der Waals surface area contributed by atoms with E-state index in [0.29, 0.717) is 6.61 Å². The normalized spacial score (nSPS) is 15.2. The Hall–Kier alpha value is -1.13. The molecule has 0 aliphatic heterocycles. The number of ether oxygens (including phenoxy) is 1. The third kappa shape index (κ3) is 4.18. The molecule has 0 aliphatic carbocycles. The summed E-state index contributed by atoms with van der Waals surface area (Å²) in [6.45, 7) is 12.2. The minimum Gasteiger partial charge on any atom is -0.398 e. The Morgan fingerprint density at radius 1 is 1.37 bits per heavy atom. The van der Waals surface area contributed by atoms with Crippen molar-refractivity contribution < 1.29 is 4.74 Å². The molecule has 1 aromatic rings. The Kier molecular flexibility index (Phi) is 5.76. The van der Waals surface area contributed by atoms with Crippen molar-refractivity contribution in [2.45, 2.75) is 46.8 Å². The molecule has 2 atom stereocenters. The van der Waals surface area contributed by atoms with E-state index in [-0.39, 0.29) is 17.6 Å². The SMILES string of the molecule is CCNC(c1cnccc1N)C(OCC)C(C)(C)C. The van der Waals surface area contributed by atoms with E-state index in [0.717, 1.165) is 17.8 Å². The highest BCUT2D eigenvalue weighted by Crippen LogP contribution is 2.34. The number of nitrogens with two attached hydrogens (primary N) is 1. The first-order valence-electron chi connectivity index (χ1n) is 6.96. The van der Waals surface area contributed by atoms with Gasteiger partial charge in [0.25, 0.3) is 0 Å². The molecular formula is C15H27N3O. The van der Waals surface area contributed by atoms with E-state index >= 15 is 0 Å². The quantitative estimate of drug-likeness (QED) is 0.830. The maximum atomic E-state index is 6.09. The second-order valence-electron chi connectivity index (χ2n) is 5.78. The molecule has 1 rings (SSSR count). The van der Waals surface area contributed by atoms with Crippen molar-refractivity contribution in [3.8, 4) is 0 Å². The molecular weight excluding hydrogens is 238 g/mol. The van der Waals surface area contributed by atoms with E-state index in [9.17, 15) is 0 Å². The lowest BCUT2D eigenvalue weighted by atomic mass is 9.82. The average Bonchev–Trinajstić information content (AvgIpc) is 2.33.